The number of aromatic hydroxyl groups is 1. The third-order valence-corrected chi connectivity index (χ3v) is 3.46. The smallest absolute Gasteiger partial charge is 0.410 e. The largest absolute Gasteiger partial charge is 0.508 e. The van der Waals surface area contributed by atoms with Crippen molar-refractivity contribution >= 4 is 17.7 Å². The maximum Gasteiger partial charge on any atom is 0.410 e. The summed E-state index contributed by atoms with van der Waals surface area (Å²) in [6.45, 7) is 7.30. The Morgan fingerprint density at radius 2 is 2.19 bits per heavy atom. The van der Waals surface area contributed by atoms with Gasteiger partial charge in [0.05, 0.1) is 6.04 Å². The standard InChI is InChI=1S/C15H21ClN2O3/c1-15(2,3)21-14(20)18-7-6-17-9-12(18)11-5-4-10(16)8-13(11)19/h4-5,8,12,17,19H,6-7,9H2,1-3H3. The molecule has 1 aromatic rings. The number of hydrogen-bond acceptors (Lipinski definition) is 4. The number of amides is 1. The number of phenols is 1. The van der Waals surface area contributed by atoms with Crippen LogP contribution in [0.1, 0.15) is 32.4 Å². The quantitative estimate of drug-likeness (QED) is 0.837. The highest BCUT2D eigenvalue weighted by Gasteiger charge is 2.32. The normalized spacial score (nSPS) is 19.4. The fourth-order valence-corrected chi connectivity index (χ4v) is 2.49. The molecule has 2 rings (SSSR count). The van der Waals surface area contributed by atoms with Crippen molar-refractivity contribution in [2.75, 3.05) is 19.6 Å². The van der Waals surface area contributed by atoms with E-state index in [4.69, 9.17) is 16.3 Å². The van der Waals surface area contributed by atoms with Crippen LogP contribution in [0.5, 0.6) is 5.75 Å². The Balaban J connectivity index is 2.24. The summed E-state index contributed by atoms with van der Waals surface area (Å²) in [7, 11) is 0. The van der Waals surface area contributed by atoms with E-state index in [0.29, 0.717) is 30.2 Å². The van der Waals surface area contributed by atoms with Gasteiger partial charge >= 0.3 is 6.09 Å². The van der Waals surface area contributed by atoms with Gasteiger partial charge in [-0.15, -0.1) is 0 Å². The Kier molecular flexibility index (Phi) is 4.64. The van der Waals surface area contributed by atoms with Gasteiger partial charge < -0.3 is 15.2 Å². The molecule has 0 spiro atoms. The second kappa shape index (κ2) is 6.12. The lowest BCUT2D eigenvalue weighted by Crippen LogP contribution is -2.50. The molecule has 6 heteroatoms. The van der Waals surface area contributed by atoms with Gasteiger partial charge in [-0.25, -0.2) is 4.79 Å². The molecule has 1 saturated heterocycles. The highest BCUT2D eigenvalue weighted by molar-refractivity contribution is 6.30. The monoisotopic (exact) mass is 312 g/mol. The Labute approximate surface area is 129 Å². The molecule has 0 saturated carbocycles. The van der Waals surface area contributed by atoms with Gasteiger partial charge in [-0.05, 0) is 32.9 Å². The second-order valence-corrected chi connectivity index (χ2v) is 6.53. The van der Waals surface area contributed by atoms with Gasteiger partial charge in [-0.3, -0.25) is 4.90 Å². The van der Waals surface area contributed by atoms with Crippen molar-refractivity contribution in [3.63, 3.8) is 0 Å². The zero-order valence-electron chi connectivity index (χ0n) is 12.5. The van der Waals surface area contributed by atoms with Crippen LogP contribution in [0.3, 0.4) is 0 Å². The van der Waals surface area contributed by atoms with Gasteiger partial charge in [-0.2, -0.15) is 0 Å². The van der Waals surface area contributed by atoms with E-state index in [1.807, 2.05) is 20.8 Å². The van der Waals surface area contributed by atoms with Crippen LogP contribution in [0.15, 0.2) is 18.2 Å². The molecule has 0 aliphatic carbocycles. The summed E-state index contributed by atoms with van der Waals surface area (Å²) in [5, 5.41) is 13.8. The summed E-state index contributed by atoms with van der Waals surface area (Å²) >= 11 is 5.86. The maximum absolute atomic E-state index is 12.3. The van der Waals surface area contributed by atoms with Crippen LogP contribution in [0.2, 0.25) is 5.02 Å². The topological polar surface area (TPSA) is 61.8 Å². The minimum atomic E-state index is -0.547. The van der Waals surface area contributed by atoms with Crippen molar-refractivity contribution in [3.8, 4) is 5.75 Å². The summed E-state index contributed by atoms with van der Waals surface area (Å²) in [5.41, 5.74) is 0.117. The minimum absolute atomic E-state index is 0.0877. The number of carbonyl (C=O) groups excluding carboxylic acids is 1. The number of piperazine rings is 1. The van der Waals surface area contributed by atoms with Crippen molar-refractivity contribution in [1.82, 2.24) is 10.2 Å². The zero-order valence-corrected chi connectivity index (χ0v) is 13.3. The molecule has 21 heavy (non-hydrogen) atoms. The Morgan fingerprint density at radius 1 is 1.48 bits per heavy atom. The average molecular weight is 313 g/mol. The lowest BCUT2D eigenvalue weighted by Gasteiger charge is -2.37. The maximum atomic E-state index is 12.3. The lowest BCUT2D eigenvalue weighted by molar-refractivity contribution is 0.0116. The van der Waals surface area contributed by atoms with Crippen LogP contribution in [0, 0.1) is 0 Å². The molecule has 1 atom stereocenters. The van der Waals surface area contributed by atoms with Crippen LogP contribution < -0.4 is 5.32 Å². The fourth-order valence-electron chi connectivity index (χ4n) is 2.32. The van der Waals surface area contributed by atoms with Crippen LogP contribution in [0.4, 0.5) is 4.79 Å². The first-order valence-electron chi connectivity index (χ1n) is 6.97. The summed E-state index contributed by atoms with van der Waals surface area (Å²) in [4.78, 5) is 14.0. The summed E-state index contributed by atoms with van der Waals surface area (Å²) in [6, 6.07) is 4.66. The Bertz CT molecular complexity index is 528. The average Bonchev–Trinajstić information content (AvgIpc) is 2.37. The van der Waals surface area contributed by atoms with Gasteiger partial charge in [-0.1, -0.05) is 17.7 Å². The van der Waals surface area contributed by atoms with Crippen molar-refractivity contribution in [1.29, 1.82) is 0 Å². The van der Waals surface area contributed by atoms with Gasteiger partial charge in [0, 0.05) is 30.2 Å². The van der Waals surface area contributed by atoms with E-state index in [0.717, 1.165) is 0 Å². The van der Waals surface area contributed by atoms with Crippen molar-refractivity contribution < 1.29 is 14.6 Å². The molecule has 116 valence electrons. The van der Waals surface area contributed by atoms with E-state index < -0.39 is 5.60 Å². The van der Waals surface area contributed by atoms with Crippen molar-refractivity contribution in [2.24, 2.45) is 0 Å². The molecule has 1 fully saturated rings. The molecule has 1 amide bonds. The van der Waals surface area contributed by atoms with E-state index in [9.17, 15) is 9.90 Å². The predicted molar refractivity (Wildman–Crippen MR) is 81.7 cm³/mol. The lowest BCUT2D eigenvalue weighted by atomic mass is 10.0. The van der Waals surface area contributed by atoms with Gasteiger partial charge in [0.2, 0.25) is 0 Å². The number of halogens is 1. The zero-order chi connectivity index (χ0) is 15.6. The Morgan fingerprint density at radius 3 is 2.81 bits per heavy atom. The first-order valence-corrected chi connectivity index (χ1v) is 7.34. The number of phenolic OH excluding ortho intramolecular Hbond substituents is 1. The van der Waals surface area contributed by atoms with Gasteiger partial charge in [0.15, 0.2) is 0 Å². The van der Waals surface area contributed by atoms with E-state index in [2.05, 4.69) is 5.32 Å². The number of nitrogens with one attached hydrogen (secondary N) is 1. The number of benzene rings is 1. The van der Waals surface area contributed by atoms with Crippen LogP contribution in [-0.4, -0.2) is 41.3 Å². The molecule has 1 aromatic carbocycles. The van der Waals surface area contributed by atoms with E-state index >= 15 is 0 Å². The van der Waals surface area contributed by atoms with Crippen molar-refractivity contribution in [2.45, 2.75) is 32.4 Å². The molecule has 0 radical (unpaired) electrons. The van der Waals surface area contributed by atoms with E-state index in [-0.39, 0.29) is 17.9 Å². The molecular weight excluding hydrogens is 292 g/mol. The van der Waals surface area contributed by atoms with Gasteiger partial charge in [0.25, 0.3) is 0 Å². The number of carbonyl (C=O) groups is 1. The first kappa shape index (κ1) is 15.9. The first-order chi connectivity index (χ1) is 9.78. The molecule has 1 heterocycles. The fraction of sp³-hybridized carbons (Fsp3) is 0.533. The molecule has 0 bridgehead atoms. The molecule has 5 nitrogen and oxygen atoms in total. The highest BCUT2D eigenvalue weighted by Crippen LogP contribution is 2.32. The third kappa shape index (κ3) is 4.02. The van der Waals surface area contributed by atoms with Gasteiger partial charge in [0.1, 0.15) is 11.4 Å². The van der Waals surface area contributed by atoms with Crippen LogP contribution in [0.25, 0.3) is 0 Å². The third-order valence-electron chi connectivity index (χ3n) is 3.22. The minimum Gasteiger partial charge on any atom is -0.508 e. The second-order valence-electron chi connectivity index (χ2n) is 6.10. The van der Waals surface area contributed by atoms with Crippen LogP contribution in [-0.2, 0) is 4.74 Å². The number of nitrogens with zero attached hydrogens (tertiary/aromatic N) is 1. The molecule has 2 N–H and O–H groups in total. The summed E-state index contributed by atoms with van der Waals surface area (Å²) < 4.78 is 5.44. The summed E-state index contributed by atoms with van der Waals surface area (Å²) in [6.07, 6.45) is -0.372. The van der Waals surface area contributed by atoms with E-state index in [1.165, 1.54) is 6.07 Å². The van der Waals surface area contributed by atoms with Crippen LogP contribution >= 0.6 is 11.6 Å². The SMILES string of the molecule is CC(C)(C)OC(=O)N1CCNCC1c1ccc(Cl)cc1O. The molecule has 0 aromatic heterocycles. The highest BCUT2D eigenvalue weighted by atomic mass is 35.5. The van der Waals surface area contributed by atoms with E-state index in [1.54, 1.807) is 17.0 Å². The summed E-state index contributed by atoms with van der Waals surface area (Å²) in [5.74, 6) is 0.0877. The Hall–Kier alpha value is -1.46. The molecular formula is C15H21ClN2O3. The molecule has 1 aliphatic heterocycles. The molecule has 1 aliphatic rings. The molecule has 1 unspecified atom stereocenters. The number of rotatable bonds is 1. The predicted octanol–water partition coefficient (Wildman–Crippen LogP) is 2.93. The number of hydrogen-bond donors (Lipinski definition) is 2. The number of ether oxygens (including phenoxy) is 1. The van der Waals surface area contributed by atoms with Crippen molar-refractivity contribution in [3.05, 3.63) is 28.8 Å².